The maximum atomic E-state index is 13.7. The van der Waals surface area contributed by atoms with Crippen LogP contribution in [0.3, 0.4) is 0 Å². The van der Waals surface area contributed by atoms with E-state index in [0.717, 1.165) is 24.8 Å². The number of carbonyl (C=O) groups excluding carboxylic acids is 2. The highest BCUT2D eigenvalue weighted by molar-refractivity contribution is 5.94. The van der Waals surface area contributed by atoms with Crippen LogP contribution in [0.5, 0.6) is 0 Å². The number of aliphatic hydroxyl groups is 2. The molecule has 8 atom stereocenters. The van der Waals surface area contributed by atoms with Crippen molar-refractivity contribution in [3.05, 3.63) is 72.4 Å². The molecule has 1 aromatic carbocycles. The summed E-state index contributed by atoms with van der Waals surface area (Å²) in [4.78, 5) is 26.8. The summed E-state index contributed by atoms with van der Waals surface area (Å²) < 4.78 is 6.05. The Morgan fingerprint density at radius 1 is 1.11 bits per heavy atom. The number of allylic oxidation sites excluding steroid dienone is 1. The number of ether oxygens (including phenoxy) is 1. The highest BCUT2D eigenvalue weighted by Gasteiger charge is 2.67. The van der Waals surface area contributed by atoms with E-state index in [4.69, 9.17) is 4.74 Å². The normalized spacial score (nSPS) is 40.0. The maximum absolute atomic E-state index is 13.7. The van der Waals surface area contributed by atoms with Crippen molar-refractivity contribution in [2.75, 3.05) is 0 Å². The summed E-state index contributed by atoms with van der Waals surface area (Å²) in [7, 11) is 0. The quantitative estimate of drug-likeness (QED) is 0.446. The van der Waals surface area contributed by atoms with Crippen LogP contribution >= 0.6 is 0 Å². The van der Waals surface area contributed by atoms with Crippen LogP contribution in [0.15, 0.2) is 66.8 Å². The number of esters is 1. The molecule has 1 aliphatic carbocycles. The molecule has 3 aliphatic rings. The molecule has 1 spiro atoms. The average Bonchev–Trinajstić information content (AvgIpc) is 3.09. The minimum Gasteiger partial charge on any atom is -0.445 e. The fraction of sp³-hybridized carbons (Fsp3) is 0.517. The predicted molar refractivity (Wildman–Crippen MR) is 134 cm³/mol. The first kappa shape index (κ1) is 25.4. The summed E-state index contributed by atoms with van der Waals surface area (Å²) >= 11 is 0. The fourth-order valence-electron chi connectivity index (χ4n) is 6.09. The zero-order valence-corrected chi connectivity index (χ0v) is 20.6. The molecule has 0 bridgehead atoms. The molecule has 188 valence electrons. The second-order valence-corrected chi connectivity index (χ2v) is 10.5. The third kappa shape index (κ3) is 5.00. The first-order valence-electron chi connectivity index (χ1n) is 12.7. The second kappa shape index (κ2) is 10.5. The van der Waals surface area contributed by atoms with Crippen molar-refractivity contribution in [1.82, 2.24) is 5.32 Å². The van der Waals surface area contributed by atoms with Crippen LogP contribution < -0.4 is 5.32 Å². The Morgan fingerprint density at radius 2 is 1.86 bits per heavy atom. The van der Waals surface area contributed by atoms with Gasteiger partial charge in [-0.1, -0.05) is 75.8 Å². The first-order valence-corrected chi connectivity index (χ1v) is 12.7. The van der Waals surface area contributed by atoms with Crippen molar-refractivity contribution >= 4 is 11.9 Å². The molecule has 0 aromatic heterocycles. The van der Waals surface area contributed by atoms with E-state index in [0.29, 0.717) is 24.3 Å². The van der Waals surface area contributed by atoms with Gasteiger partial charge in [0.05, 0.1) is 18.1 Å². The molecule has 2 heterocycles. The van der Waals surface area contributed by atoms with E-state index >= 15 is 0 Å². The molecule has 6 nitrogen and oxygen atoms in total. The molecular weight excluding hydrogens is 442 g/mol. The first-order chi connectivity index (χ1) is 16.7. The van der Waals surface area contributed by atoms with E-state index in [-0.39, 0.29) is 17.9 Å². The van der Waals surface area contributed by atoms with Crippen LogP contribution in [0, 0.1) is 23.7 Å². The molecule has 35 heavy (non-hydrogen) atoms. The standard InChI is InChI=1S/C29H37NO5/c1-18-9-7-13-22(31)15-16-25(32)35-29-23(14-8-10-18)27(33)20(3)19(2)26(29)24(30-28(29)34)17-21-11-5-4-6-12-21/h4-6,8,11-12,14-16,18-19,22-24,26-27,31,33H,3,7,9-10,13,17H2,1-2H3,(H,30,34)/b14-8-,16-15+/t18-,19-,22+,23+,24-,26-,27+,29+/m0/s1. The Morgan fingerprint density at radius 3 is 2.60 bits per heavy atom. The number of hydrogen-bond acceptors (Lipinski definition) is 5. The Hall–Kier alpha value is -2.70. The Balaban J connectivity index is 1.78. The van der Waals surface area contributed by atoms with E-state index in [2.05, 4.69) is 18.8 Å². The fourth-order valence-corrected chi connectivity index (χ4v) is 6.09. The molecule has 2 aliphatic heterocycles. The van der Waals surface area contributed by atoms with Crippen LogP contribution in [0.25, 0.3) is 0 Å². The summed E-state index contributed by atoms with van der Waals surface area (Å²) in [6.07, 6.45) is 8.39. The number of rotatable bonds is 2. The zero-order valence-electron chi connectivity index (χ0n) is 20.6. The van der Waals surface area contributed by atoms with Gasteiger partial charge in [-0.15, -0.1) is 0 Å². The lowest BCUT2D eigenvalue weighted by Gasteiger charge is -2.49. The van der Waals surface area contributed by atoms with Gasteiger partial charge in [0.25, 0.3) is 5.91 Å². The smallest absolute Gasteiger partial charge is 0.331 e. The molecule has 6 heteroatoms. The summed E-state index contributed by atoms with van der Waals surface area (Å²) in [5.41, 5.74) is 0.136. The van der Waals surface area contributed by atoms with Gasteiger partial charge in [-0.05, 0) is 48.3 Å². The lowest BCUT2D eigenvalue weighted by atomic mass is 9.59. The number of amides is 1. The molecular formula is C29H37NO5. The summed E-state index contributed by atoms with van der Waals surface area (Å²) in [6.45, 7) is 8.27. The second-order valence-electron chi connectivity index (χ2n) is 10.5. The summed E-state index contributed by atoms with van der Waals surface area (Å²) in [5, 5.41) is 24.7. The maximum Gasteiger partial charge on any atom is 0.331 e. The van der Waals surface area contributed by atoms with Crippen molar-refractivity contribution in [3.63, 3.8) is 0 Å². The Bertz CT molecular complexity index is 1000. The number of aliphatic hydroxyl groups excluding tert-OH is 2. The van der Waals surface area contributed by atoms with E-state index < -0.39 is 35.6 Å². The monoisotopic (exact) mass is 479 g/mol. The van der Waals surface area contributed by atoms with Crippen LogP contribution in [-0.2, 0) is 20.7 Å². The van der Waals surface area contributed by atoms with Crippen molar-refractivity contribution in [2.45, 2.75) is 69.8 Å². The molecule has 1 saturated carbocycles. The topological polar surface area (TPSA) is 95.9 Å². The van der Waals surface area contributed by atoms with Gasteiger partial charge in [0.1, 0.15) is 0 Å². The minimum absolute atomic E-state index is 0.262. The zero-order chi connectivity index (χ0) is 25.2. The Kier molecular flexibility index (Phi) is 7.62. The van der Waals surface area contributed by atoms with Gasteiger partial charge in [-0.25, -0.2) is 4.79 Å². The van der Waals surface area contributed by atoms with Crippen molar-refractivity contribution < 1.29 is 24.5 Å². The third-order valence-corrected chi connectivity index (χ3v) is 8.04. The third-order valence-electron chi connectivity index (χ3n) is 8.04. The molecule has 4 rings (SSSR count). The molecule has 1 aromatic rings. The lowest BCUT2D eigenvalue weighted by molar-refractivity contribution is -0.182. The summed E-state index contributed by atoms with van der Waals surface area (Å²) in [6, 6.07) is 9.59. The van der Waals surface area contributed by atoms with E-state index in [1.165, 1.54) is 12.2 Å². The van der Waals surface area contributed by atoms with Crippen molar-refractivity contribution in [3.8, 4) is 0 Å². The number of hydrogen-bond donors (Lipinski definition) is 3. The molecule has 3 N–H and O–H groups in total. The SMILES string of the molecule is C=C1[C@@H](O)[C@H]2/C=C\C[C@@H](C)CCC[C@@H](O)/C=C/C(=O)O[C@]23C(=O)N[C@@H](Cc2ccccc2)[C@@H]3[C@H]1C. The van der Waals surface area contributed by atoms with Crippen LogP contribution in [-0.4, -0.2) is 45.9 Å². The van der Waals surface area contributed by atoms with E-state index in [1.54, 1.807) is 0 Å². The van der Waals surface area contributed by atoms with Gasteiger partial charge < -0.3 is 20.3 Å². The van der Waals surface area contributed by atoms with Gasteiger partial charge in [0, 0.05) is 18.0 Å². The van der Waals surface area contributed by atoms with E-state index in [1.807, 2.05) is 49.4 Å². The number of carbonyl (C=O) groups is 2. The minimum atomic E-state index is -1.57. The lowest BCUT2D eigenvalue weighted by Crippen LogP contribution is -2.61. The molecule has 0 unspecified atom stereocenters. The van der Waals surface area contributed by atoms with Crippen LogP contribution in [0.1, 0.15) is 45.1 Å². The molecule has 0 radical (unpaired) electrons. The summed E-state index contributed by atoms with van der Waals surface area (Å²) in [5.74, 6) is -2.13. The average molecular weight is 480 g/mol. The van der Waals surface area contributed by atoms with Crippen LogP contribution in [0.2, 0.25) is 0 Å². The molecule has 1 saturated heterocycles. The van der Waals surface area contributed by atoms with Gasteiger partial charge in [0.2, 0.25) is 5.60 Å². The van der Waals surface area contributed by atoms with Gasteiger partial charge >= 0.3 is 5.97 Å². The van der Waals surface area contributed by atoms with Gasteiger partial charge in [-0.3, -0.25) is 4.79 Å². The highest BCUT2D eigenvalue weighted by Crippen LogP contribution is 2.52. The van der Waals surface area contributed by atoms with Crippen LogP contribution in [0.4, 0.5) is 0 Å². The van der Waals surface area contributed by atoms with Crippen molar-refractivity contribution in [1.29, 1.82) is 0 Å². The van der Waals surface area contributed by atoms with Crippen molar-refractivity contribution in [2.24, 2.45) is 23.7 Å². The molecule has 1 amide bonds. The predicted octanol–water partition coefficient (Wildman–Crippen LogP) is 3.49. The number of benzene rings is 1. The molecule has 2 fully saturated rings. The van der Waals surface area contributed by atoms with Gasteiger partial charge in [-0.2, -0.15) is 0 Å². The van der Waals surface area contributed by atoms with E-state index in [9.17, 15) is 19.8 Å². The Labute approximate surface area is 207 Å². The number of nitrogens with one attached hydrogen (secondary N) is 1. The highest BCUT2D eigenvalue weighted by atomic mass is 16.6. The van der Waals surface area contributed by atoms with Gasteiger partial charge in [0.15, 0.2) is 0 Å². The largest absolute Gasteiger partial charge is 0.445 e.